The van der Waals surface area contributed by atoms with Crippen LogP contribution in [0.1, 0.15) is 18.1 Å². The minimum Gasteiger partial charge on any atom is -0.780 e. The predicted molar refractivity (Wildman–Crippen MR) is 347 cm³/mol. The summed E-state index contributed by atoms with van der Waals surface area (Å²) in [5.74, 6) is -0.117. The maximum Gasteiger partial charge on any atom is 1.00 e. The fraction of sp³-hybridized carbons (Fsp3) is 0.111. The first-order chi connectivity index (χ1) is 43.5. The van der Waals surface area contributed by atoms with Crippen molar-refractivity contribution in [3.63, 3.8) is 0 Å². The third kappa shape index (κ3) is 34.1. The van der Waals surface area contributed by atoms with Crippen molar-refractivity contribution in [3.8, 4) is 23.0 Å². The number of benzene rings is 8. The number of aromatic hydroxyl groups is 2. The Morgan fingerprint density at radius 1 is 0.484 bits per heavy atom. The Balaban J connectivity index is 0.00000115. The molecule has 0 radical (unpaired) electrons. The second-order valence-corrected chi connectivity index (χ2v) is 27.9. The van der Waals surface area contributed by atoms with Gasteiger partial charge in [0.25, 0.3) is 29.1 Å². The average molecular weight is 1640 g/mol. The number of phenols is 2. The molecule has 0 atom stereocenters. The molecule has 0 fully saturated rings. The smallest absolute Gasteiger partial charge is 0.780 e. The number of nitrogens with two attached hydrogens (primary N) is 1. The number of sulfonamides is 2. The molecule has 16 nitrogen and oxygen atoms in total. The zero-order valence-corrected chi connectivity index (χ0v) is 60.4. The Labute approximate surface area is 610 Å². The van der Waals surface area contributed by atoms with E-state index in [0.29, 0.717) is 18.2 Å². The number of phenolic OH excluding ortho intramolecular Hbond substituents is 2. The predicted octanol–water partition coefficient (Wildman–Crippen LogP) is 15.8. The Bertz CT molecular complexity index is 4280. The van der Waals surface area contributed by atoms with Crippen LogP contribution in [0.5, 0.6) is 23.0 Å². The molecule has 8 rings (SSSR count). The molecule has 0 heterocycles. The van der Waals surface area contributed by atoms with E-state index in [0.717, 1.165) is 82.4 Å². The van der Waals surface area contributed by atoms with Gasteiger partial charge in [-0.3, -0.25) is 18.4 Å². The Morgan fingerprint density at radius 2 is 0.821 bits per heavy atom. The van der Waals surface area contributed by atoms with Gasteiger partial charge < -0.3 is 38.0 Å². The van der Waals surface area contributed by atoms with Crippen LogP contribution in [0.2, 0.25) is 35.2 Å². The van der Waals surface area contributed by atoms with Crippen molar-refractivity contribution < 1.29 is 133 Å². The molecule has 8 aromatic rings. The van der Waals surface area contributed by atoms with E-state index in [1.807, 2.05) is 47.2 Å². The summed E-state index contributed by atoms with van der Waals surface area (Å²) in [6.45, 7) is 0. The molecule has 0 saturated heterocycles. The van der Waals surface area contributed by atoms with Gasteiger partial charge >= 0.3 is 57.4 Å². The first-order valence-corrected chi connectivity index (χ1v) is 34.3. The van der Waals surface area contributed by atoms with Crippen molar-refractivity contribution in [2.75, 3.05) is 36.6 Å². The summed E-state index contributed by atoms with van der Waals surface area (Å²) < 4.78 is 237. The van der Waals surface area contributed by atoms with E-state index < -0.39 is 107 Å². The van der Waals surface area contributed by atoms with Gasteiger partial charge in [-0.2, -0.15) is 52.8 Å². The molecule has 0 unspecified atom stereocenters. The molecular formula is C54H43Cl9F10N3NaO13S5. The van der Waals surface area contributed by atoms with Gasteiger partial charge in [0.1, 0.15) is 37.7 Å². The average Bonchev–Trinajstić information content (AvgIpc) is 0.811. The molecule has 0 aliphatic heterocycles. The number of nitrogens with one attached hydrogen (secondary N) is 2. The van der Waals surface area contributed by atoms with Crippen molar-refractivity contribution in [1.29, 1.82) is 0 Å². The maximum atomic E-state index is 12.6. The van der Waals surface area contributed by atoms with E-state index in [4.69, 9.17) is 139 Å². The Hall–Kier alpha value is -4.75. The number of halogens is 19. The van der Waals surface area contributed by atoms with E-state index >= 15 is 0 Å². The Kier molecular flexibility index (Phi) is 37.5. The minimum absolute atomic E-state index is 0. The summed E-state index contributed by atoms with van der Waals surface area (Å²) in [6.07, 6.45) is -13.6. The van der Waals surface area contributed by atoms with Crippen LogP contribution >= 0.6 is 103 Å². The second kappa shape index (κ2) is 40.3. The van der Waals surface area contributed by atoms with Gasteiger partial charge in [0.05, 0.1) is 71.6 Å². The van der Waals surface area contributed by atoms with Crippen LogP contribution in [0.4, 0.5) is 61.0 Å². The number of anilines is 3. The van der Waals surface area contributed by atoms with Gasteiger partial charge in [0.2, 0.25) is 0 Å². The number of ether oxygens (including phenoxy) is 2. The molecule has 0 bridgehead atoms. The maximum absolute atomic E-state index is 12.6. The van der Waals surface area contributed by atoms with E-state index in [9.17, 15) is 74.3 Å². The quantitative estimate of drug-likeness (QED) is 0.0196. The third-order valence-electron chi connectivity index (χ3n) is 10.0. The van der Waals surface area contributed by atoms with Crippen LogP contribution in [-0.4, -0.2) is 69.8 Å². The normalized spacial score (nSPS) is 11.2. The first-order valence-electron chi connectivity index (χ1n) is 24.4. The number of nitrogen functional groups attached to an aromatic ring is 1. The van der Waals surface area contributed by atoms with Crippen LogP contribution in [0, 0.1) is 0 Å². The van der Waals surface area contributed by atoms with E-state index in [-0.39, 0.29) is 82.3 Å². The SMILES string of the molecule is COc1ccc(Cl)cc1.COc1ccc(Cl)cc1S(=O)(=O)Nc1ccc(C(F)(F)F)cc1Cl.Nc1ccc(C(F)(F)F)cc1Cl.O=S(=O)(Cl)c1cc(Cl)ccc1O.O=S(=O)(Nc1ccc(C(F)(F)F)cc1Cl)c1cc(Cl)ccc1O.O=S(=O)(O)Cl.[2H]CF.[Na+].[S-]c1ccccc1. The van der Waals surface area contributed by atoms with Crippen LogP contribution in [0.25, 0.3) is 0 Å². The topological polar surface area (TPSA) is 266 Å². The van der Waals surface area contributed by atoms with Crippen LogP contribution in [0.3, 0.4) is 0 Å². The second-order valence-electron chi connectivity index (χ2n) is 16.7. The Morgan fingerprint density at radius 3 is 1.15 bits per heavy atom. The van der Waals surface area contributed by atoms with Crippen molar-refractivity contribution in [2.45, 2.75) is 38.1 Å². The van der Waals surface area contributed by atoms with Gasteiger partial charge in [-0.25, -0.2) is 25.3 Å². The van der Waals surface area contributed by atoms with Gasteiger partial charge in [-0.15, -0.1) is 0 Å². The molecule has 41 heteroatoms. The van der Waals surface area contributed by atoms with Gasteiger partial charge in [-0.05, 0) is 133 Å². The number of rotatable bonds is 9. The third-order valence-corrected chi connectivity index (χ3v) is 16.3. The molecule has 0 saturated carbocycles. The van der Waals surface area contributed by atoms with Gasteiger partial charge in [-0.1, -0.05) is 112 Å². The van der Waals surface area contributed by atoms with Crippen molar-refractivity contribution in [3.05, 3.63) is 216 Å². The number of hydrogen-bond acceptors (Lipinski definition) is 14. The molecule has 95 heavy (non-hydrogen) atoms. The number of methoxy groups -OCH3 is 2. The summed E-state index contributed by atoms with van der Waals surface area (Å²) in [5, 5.41) is 18.9. The first kappa shape index (κ1) is 88.3. The summed E-state index contributed by atoms with van der Waals surface area (Å²) >= 11 is 44.2. The fourth-order valence-corrected chi connectivity index (χ4v) is 11.1. The van der Waals surface area contributed by atoms with E-state index in [1.165, 1.54) is 31.4 Å². The van der Waals surface area contributed by atoms with Crippen molar-refractivity contribution in [1.82, 2.24) is 0 Å². The zero-order valence-electron chi connectivity index (χ0n) is 48.5. The van der Waals surface area contributed by atoms with Crippen LogP contribution < -0.4 is 54.2 Å². The van der Waals surface area contributed by atoms with Crippen molar-refractivity contribution in [2.24, 2.45) is 0 Å². The summed E-state index contributed by atoms with van der Waals surface area (Å²) in [4.78, 5) is -0.270. The molecule has 516 valence electrons. The van der Waals surface area contributed by atoms with Crippen LogP contribution in [0.15, 0.2) is 183 Å². The monoisotopic (exact) mass is 1630 g/mol. The largest absolute Gasteiger partial charge is 1.00 e. The fourth-order valence-electron chi connectivity index (χ4n) is 5.89. The van der Waals surface area contributed by atoms with E-state index in [2.05, 4.69) is 15.4 Å². The van der Waals surface area contributed by atoms with Gasteiger partial charge in [0, 0.05) is 41.5 Å². The summed E-state index contributed by atoms with van der Waals surface area (Å²) in [7, 11) is -5.63. The zero-order chi connectivity index (χ0) is 73.3. The molecule has 0 aliphatic carbocycles. The number of hydrogen-bond donors (Lipinski definition) is 6. The molecule has 7 N–H and O–H groups in total. The summed E-state index contributed by atoms with van der Waals surface area (Å²) in [5.41, 5.74) is 2.11. The minimum atomic E-state index is -4.60. The molecular weight excluding hydrogens is 1590 g/mol. The van der Waals surface area contributed by atoms with E-state index in [1.54, 1.807) is 19.2 Å². The molecule has 0 aromatic heterocycles. The van der Waals surface area contributed by atoms with Gasteiger partial charge in [0.15, 0.2) is 0 Å². The van der Waals surface area contributed by atoms with Crippen LogP contribution in [-0.2, 0) is 69.6 Å². The molecule has 8 aromatic carbocycles. The molecule has 0 spiro atoms. The summed E-state index contributed by atoms with van der Waals surface area (Å²) in [6, 6.07) is 35.0. The molecule has 0 aliphatic rings. The standard InChI is InChI=1S/C14H10Cl2F3NO3S.C13H8Cl2F3NO3S.C7H5ClF3N.C7H7ClO.C6H4Cl2O3S.C6H6S.CH3F.ClHO3S.Na/c1-23-12-5-3-9(15)7-13(12)24(21,22)20-11-4-2-8(6-10(11)16)14(17,18)19;14-8-2-4-11(20)12(6-8)23(21,22)19-10-3-1-7(5-9(10)15)13(16,17)18;8-5-3-4(7(9,10)11)1-2-6(5)12;1-9-7-4-2-6(8)3-5-7;7-4-1-2-5(9)6(3-4)12(8,10)11;7-6-4-2-1-3-5-6;1-2;1-5(2,3)4;/h2-7,20H,1H3;1-6,19-20H;1-3H,12H2;2-5H,1H3;1-3,9H;1-5,7H;1H3;(H,2,3,4);/q;;;;;;;;+1/p-1/i;;;;;;1D;;. The molecule has 0 amide bonds. The number of alkyl halides is 10. The van der Waals surface area contributed by atoms with Crippen molar-refractivity contribution >= 4 is 171 Å².